The Bertz CT molecular complexity index is 711. The van der Waals surface area contributed by atoms with Gasteiger partial charge in [-0.15, -0.1) is 0 Å². The Balaban J connectivity index is 1.90. The first-order valence-corrected chi connectivity index (χ1v) is 17.3. The molecule has 4 nitrogen and oxygen atoms in total. The highest BCUT2D eigenvalue weighted by atomic mass is 28.3. The van der Waals surface area contributed by atoms with Crippen LogP contribution < -0.4 is 9.35 Å². The lowest BCUT2D eigenvalue weighted by atomic mass is 10.3. The van der Waals surface area contributed by atoms with Crippen LogP contribution in [0.5, 0.6) is 0 Å². The number of benzene rings is 2. The molecular weight excluding hydrogens is 388 g/mol. The Morgan fingerprint density at radius 3 is 1.28 bits per heavy atom. The van der Waals surface area contributed by atoms with E-state index in [2.05, 4.69) is 110 Å². The molecule has 0 N–H and O–H groups in total. The van der Waals surface area contributed by atoms with Gasteiger partial charge < -0.3 is 0 Å². The molecule has 0 spiro atoms. The molecule has 0 atom stereocenters. The van der Waals surface area contributed by atoms with Crippen LogP contribution in [0.3, 0.4) is 0 Å². The second-order valence-electron chi connectivity index (χ2n) is 9.16. The average molecular weight is 425 g/mol. The van der Waals surface area contributed by atoms with Crippen LogP contribution in [0.15, 0.2) is 70.9 Å². The summed E-state index contributed by atoms with van der Waals surface area (Å²) in [7, 11) is -3.14. The van der Waals surface area contributed by atoms with E-state index in [1.54, 1.807) is 0 Å². The van der Waals surface area contributed by atoms with Crippen molar-refractivity contribution in [2.75, 3.05) is 9.35 Å². The molecule has 0 radical (unpaired) electrons. The molecular formula is C23H36N4Si2. The van der Waals surface area contributed by atoms with Gasteiger partial charge in [-0.2, -0.15) is 10.2 Å². The highest BCUT2D eigenvalue weighted by Gasteiger charge is 2.24. The summed E-state index contributed by atoms with van der Waals surface area (Å²) in [6.45, 7) is 13.9. The van der Waals surface area contributed by atoms with Gasteiger partial charge in [0, 0.05) is 23.8 Å². The second kappa shape index (κ2) is 10.6. The molecule has 0 saturated carbocycles. The summed E-state index contributed by atoms with van der Waals surface area (Å²) in [5.74, 6) is 0. The molecule has 2 aromatic rings. The van der Waals surface area contributed by atoms with Gasteiger partial charge in [0.15, 0.2) is 16.5 Å². The smallest absolute Gasteiger partial charge is 0.176 e. The zero-order chi connectivity index (χ0) is 21.3. The molecule has 0 amide bonds. The van der Waals surface area contributed by atoms with Crippen LogP contribution in [-0.4, -0.2) is 28.9 Å². The summed E-state index contributed by atoms with van der Waals surface area (Å²) in [6, 6.07) is 20.9. The summed E-state index contributed by atoms with van der Waals surface area (Å²) >= 11 is 0. The first-order valence-electron chi connectivity index (χ1n) is 10.4. The van der Waals surface area contributed by atoms with Gasteiger partial charge in [0.25, 0.3) is 0 Å². The molecule has 29 heavy (non-hydrogen) atoms. The fourth-order valence-electron chi connectivity index (χ4n) is 2.97. The van der Waals surface area contributed by atoms with Gasteiger partial charge in [-0.05, 0) is 82.8 Å². The third-order valence-electron chi connectivity index (χ3n) is 4.33. The largest absolute Gasteiger partial charge is 0.296 e. The number of unbranched alkanes of at least 4 members (excludes halogenated alkanes) is 2. The number of hydrogen-bond donors (Lipinski definition) is 0. The lowest BCUT2D eigenvalue weighted by Crippen LogP contribution is -2.42. The molecule has 0 aliphatic carbocycles. The van der Waals surface area contributed by atoms with Crippen LogP contribution in [0.1, 0.15) is 19.3 Å². The summed E-state index contributed by atoms with van der Waals surface area (Å²) in [5.41, 5.74) is 2.36. The first-order chi connectivity index (χ1) is 13.7. The predicted octanol–water partition coefficient (Wildman–Crippen LogP) is 6.81. The van der Waals surface area contributed by atoms with Gasteiger partial charge >= 0.3 is 0 Å². The number of anilines is 2. The van der Waals surface area contributed by atoms with E-state index in [0.29, 0.717) is 0 Å². The van der Waals surface area contributed by atoms with Crippen LogP contribution in [0.25, 0.3) is 0 Å². The molecule has 0 fully saturated rings. The zero-order valence-corrected chi connectivity index (χ0v) is 20.8. The summed E-state index contributed by atoms with van der Waals surface area (Å²) in [6.07, 6.45) is 7.09. The number of hydrogen-bond acceptors (Lipinski definition) is 4. The van der Waals surface area contributed by atoms with Gasteiger partial charge in [0.05, 0.1) is 0 Å². The van der Waals surface area contributed by atoms with Crippen molar-refractivity contribution in [1.82, 2.24) is 0 Å². The van der Waals surface area contributed by atoms with Crippen molar-refractivity contribution in [2.24, 2.45) is 10.2 Å². The highest BCUT2D eigenvalue weighted by molar-refractivity contribution is 6.80. The molecule has 0 bridgehead atoms. The van der Waals surface area contributed by atoms with Crippen molar-refractivity contribution >= 4 is 40.3 Å². The van der Waals surface area contributed by atoms with Crippen molar-refractivity contribution < 1.29 is 0 Å². The third-order valence-corrected chi connectivity index (χ3v) is 7.62. The third kappa shape index (κ3) is 7.63. The van der Waals surface area contributed by atoms with E-state index < -0.39 is 16.5 Å². The Kier molecular flexibility index (Phi) is 8.40. The number of rotatable bonds is 10. The van der Waals surface area contributed by atoms with E-state index in [4.69, 9.17) is 10.2 Å². The minimum Gasteiger partial charge on any atom is -0.296 e. The Morgan fingerprint density at radius 2 is 0.966 bits per heavy atom. The molecule has 6 heteroatoms. The van der Waals surface area contributed by atoms with Crippen LogP contribution in [0, 0.1) is 0 Å². The predicted molar refractivity (Wildman–Crippen MR) is 135 cm³/mol. The fourth-order valence-corrected chi connectivity index (χ4v) is 5.68. The quantitative estimate of drug-likeness (QED) is 0.181. The average Bonchev–Trinajstić information content (AvgIpc) is 2.66. The lowest BCUT2D eigenvalue weighted by molar-refractivity contribution is 0.930. The lowest BCUT2D eigenvalue weighted by Gasteiger charge is -2.31. The van der Waals surface area contributed by atoms with Crippen LogP contribution >= 0.6 is 0 Å². The van der Waals surface area contributed by atoms with Crippen molar-refractivity contribution in [3.63, 3.8) is 0 Å². The normalized spacial score (nSPS) is 12.6. The standard InChI is InChI=1S/C23H36N4Si2/c1-28(2,3)26(22-16-10-7-11-17-22)24-20-14-9-15-21-25-27(29(4,5)6)23-18-12-8-13-19-23/h7-8,10-13,16-21H,9,14-15H2,1-6H3. The zero-order valence-electron chi connectivity index (χ0n) is 18.8. The monoisotopic (exact) mass is 424 g/mol. The Morgan fingerprint density at radius 1 is 0.621 bits per heavy atom. The van der Waals surface area contributed by atoms with E-state index in [9.17, 15) is 0 Å². The van der Waals surface area contributed by atoms with E-state index >= 15 is 0 Å². The number of nitrogens with zero attached hydrogens (tertiary/aromatic N) is 4. The van der Waals surface area contributed by atoms with Crippen LogP contribution in [-0.2, 0) is 0 Å². The maximum atomic E-state index is 4.81. The molecule has 0 saturated heterocycles. The Hall–Kier alpha value is -2.19. The van der Waals surface area contributed by atoms with Gasteiger partial charge in [0.2, 0.25) is 0 Å². The molecule has 2 aromatic carbocycles. The van der Waals surface area contributed by atoms with Gasteiger partial charge in [0.1, 0.15) is 0 Å². The second-order valence-corrected chi connectivity index (χ2v) is 18.7. The van der Waals surface area contributed by atoms with Gasteiger partial charge in [-0.25, -0.2) is 0 Å². The van der Waals surface area contributed by atoms with Crippen molar-refractivity contribution in [2.45, 2.75) is 58.5 Å². The van der Waals surface area contributed by atoms with Crippen LogP contribution in [0.2, 0.25) is 39.3 Å². The maximum Gasteiger partial charge on any atom is 0.176 e. The molecule has 0 aliphatic heterocycles. The van der Waals surface area contributed by atoms with E-state index in [1.165, 1.54) is 11.4 Å². The van der Waals surface area contributed by atoms with Crippen molar-refractivity contribution in [1.29, 1.82) is 0 Å². The van der Waals surface area contributed by atoms with Crippen LogP contribution in [0.4, 0.5) is 11.4 Å². The number of hydrazone groups is 2. The molecule has 2 rings (SSSR count). The molecule has 0 unspecified atom stereocenters. The van der Waals surface area contributed by atoms with E-state index in [0.717, 1.165) is 19.3 Å². The summed E-state index contributed by atoms with van der Waals surface area (Å²) < 4.78 is 4.45. The van der Waals surface area contributed by atoms with Crippen molar-refractivity contribution in [3.05, 3.63) is 60.7 Å². The highest BCUT2D eigenvalue weighted by Crippen LogP contribution is 2.22. The minimum atomic E-state index is -1.57. The van der Waals surface area contributed by atoms with Gasteiger partial charge in [-0.1, -0.05) is 36.4 Å². The topological polar surface area (TPSA) is 31.2 Å². The van der Waals surface area contributed by atoms with E-state index in [1.807, 2.05) is 12.1 Å². The first kappa shape index (κ1) is 23.1. The SMILES string of the molecule is C[Si](C)(C)N(N=CCCCC=NN(c1ccccc1)[Si](C)(C)C)c1ccccc1. The maximum absolute atomic E-state index is 4.81. The summed E-state index contributed by atoms with van der Waals surface area (Å²) in [5, 5.41) is 9.61. The Labute approximate surface area is 179 Å². The van der Waals surface area contributed by atoms with E-state index in [-0.39, 0.29) is 0 Å². The van der Waals surface area contributed by atoms with Crippen molar-refractivity contribution in [3.8, 4) is 0 Å². The number of para-hydroxylation sites is 2. The van der Waals surface area contributed by atoms with Gasteiger partial charge in [-0.3, -0.25) is 9.35 Å². The summed E-state index contributed by atoms with van der Waals surface area (Å²) in [4.78, 5) is 0. The fraction of sp³-hybridized carbons (Fsp3) is 0.391. The molecule has 0 aliphatic rings. The minimum absolute atomic E-state index is 0.956. The molecule has 156 valence electrons. The molecule has 0 aromatic heterocycles. The molecule has 0 heterocycles.